The van der Waals surface area contributed by atoms with E-state index >= 15 is 0 Å². The predicted molar refractivity (Wildman–Crippen MR) is 78.5 cm³/mol. The molecule has 2 N–H and O–H groups in total. The second-order valence-corrected chi connectivity index (χ2v) is 8.56. The van der Waals surface area contributed by atoms with Gasteiger partial charge in [-0.3, -0.25) is 4.79 Å². The van der Waals surface area contributed by atoms with Gasteiger partial charge in [0.05, 0.1) is 11.8 Å². The molecule has 0 heterocycles. The van der Waals surface area contributed by atoms with Gasteiger partial charge in [-0.2, -0.15) is 0 Å². The minimum absolute atomic E-state index is 0.00825. The Morgan fingerprint density at radius 2 is 2.05 bits per heavy atom. The average Bonchev–Trinajstić information content (AvgIpc) is 2.38. The Labute approximate surface area is 121 Å². The van der Waals surface area contributed by atoms with E-state index in [1.54, 1.807) is 0 Å². The molecule has 2 bridgehead atoms. The van der Waals surface area contributed by atoms with Crippen LogP contribution in [0.4, 0.5) is 0 Å². The van der Waals surface area contributed by atoms with Crippen molar-refractivity contribution in [2.75, 3.05) is 12.8 Å². The summed E-state index contributed by atoms with van der Waals surface area (Å²) in [5.74, 6) is 0.721. The lowest BCUT2D eigenvalue weighted by Gasteiger charge is -2.60. The third kappa shape index (κ3) is 2.76. The molecule has 0 aromatic carbocycles. The van der Waals surface area contributed by atoms with Gasteiger partial charge in [-0.15, -0.1) is 0 Å². The quantitative estimate of drug-likeness (QED) is 0.745. The van der Waals surface area contributed by atoms with E-state index < -0.39 is 10.0 Å². The molecule has 0 aromatic rings. The van der Waals surface area contributed by atoms with Crippen molar-refractivity contribution in [2.45, 2.75) is 39.2 Å². The molecular formula is C14H24N2O3S. The van der Waals surface area contributed by atoms with Crippen molar-refractivity contribution in [3.63, 3.8) is 0 Å². The second-order valence-electron chi connectivity index (χ2n) is 6.51. The molecule has 20 heavy (non-hydrogen) atoms. The Kier molecular flexibility index (Phi) is 3.99. The summed E-state index contributed by atoms with van der Waals surface area (Å²) in [6.07, 6.45) is 2.09. The summed E-state index contributed by atoms with van der Waals surface area (Å²) < 4.78 is 24.8. The van der Waals surface area contributed by atoms with E-state index in [0.29, 0.717) is 17.3 Å². The number of nitrogens with one attached hydrogen (secondary N) is 2. The van der Waals surface area contributed by atoms with Crippen LogP contribution in [-0.4, -0.2) is 33.2 Å². The monoisotopic (exact) mass is 300 g/mol. The van der Waals surface area contributed by atoms with Gasteiger partial charge >= 0.3 is 0 Å². The van der Waals surface area contributed by atoms with Crippen LogP contribution in [0.3, 0.4) is 0 Å². The molecule has 3 rings (SSSR count). The number of sulfonamides is 1. The first-order valence-electron chi connectivity index (χ1n) is 7.06. The highest BCUT2D eigenvalue weighted by atomic mass is 32.2. The fourth-order valence-electron chi connectivity index (χ4n) is 3.47. The van der Waals surface area contributed by atoms with Crippen LogP contribution in [0.1, 0.15) is 33.1 Å². The molecule has 1 unspecified atom stereocenters. The molecule has 3 atom stereocenters. The maximum Gasteiger partial charge on any atom is 0.221 e. The Bertz CT molecular complexity index is 525. The van der Waals surface area contributed by atoms with Crippen molar-refractivity contribution in [2.24, 2.45) is 17.3 Å². The number of amides is 1. The molecule has 1 amide bonds. The van der Waals surface area contributed by atoms with E-state index in [4.69, 9.17) is 0 Å². The predicted octanol–water partition coefficient (Wildman–Crippen LogP) is 1.03. The number of rotatable bonds is 5. The van der Waals surface area contributed by atoms with Crippen LogP contribution >= 0.6 is 0 Å². The van der Waals surface area contributed by atoms with E-state index in [2.05, 4.69) is 30.5 Å². The summed E-state index contributed by atoms with van der Waals surface area (Å²) in [6, 6.07) is 0.0107. The van der Waals surface area contributed by atoms with E-state index in [-0.39, 0.29) is 24.1 Å². The van der Waals surface area contributed by atoms with E-state index in [0.717, 1.165) is 12.0 Å². The first-order chi connectivity index (χ1) is 9.17. The van der Waals surface area contributed by atoms with Crippen LogP contribution in [0.2, 0.25) is 0 Å². The minimum Gasteiger partial charge on any atom is -0.350 e. The Morgan fingerprint density at radius 3 is 2.55 bits per heavy atom. The van der Waals surface area contributed by atoms with E-state index in [1.165, 1.54) is 13.5 Å². The van der Waals surface area contributed by atoms with Gasteiger partial charge in [0, 0.05) is 6.42 Å². The number of carbonyl (C=O) groups is 1. The van der Waals surface area contributed by atoms with Crippen molar-refractivity contribution < 1.29 is 13.2 Å². The van der Waals surface area contributed by atoms with Crippen LogP contribution in [0, 0.1) is 17.3 Å². The van der Waals surface area contributed by atoms with Crippen LogP contribution < -0.4 is 10.0 Å². The topological polar surface area (TPSA) is 75.3 Å². The highest BCUT2D eigenvalue weighted by Gasteiger charge is 2.54. The Hall–Kier alpha value is -0.880. The highest BCUT2D eigenvalue weighted by Crippen LogP contribution is 2.60. The van der Waals surface area contributed by atoms with Gasteiger partial charge in [-0.05, 0) is 37.1 Å². The van der Waals surface area contributed by atoms with Crippen LogP contribution in [0.5, 0.6) is 0 Å². The minimum atomic E-state index is -3.32. The summed E-state index contributed by atoms with van der Waals surface area (Å²) in [5, 5.41) is 2.93. The zero-order valence-corrected chi connectivity index (χ0v) is 13.2. The van der Waals surface area contributed by atoms with E-state index in [1.807, 2.05) is 0 Å². The van der Waals surface area contributed by atoms with Crippen molar-refractivity contribution in [1.82, 2.24) is 10.0 Å². The maximum atomic E-state index is 11.9. The molecule has 3 saturated carbocycles. The molecular weight excluding hydrogens is 276 g/mol. The van der Waals surface area contributed by atoms with Crippen molar-refractivity contribution in [3.8, 4) is 0 Å². The standard InChI is InChI=1S/C14H24N2O3S/c1-9-11-7-10(14(11,2)3)8-12(9)16-13(17)5-6-20(18,19)15-4/h10-12,15H,1,5-8H2,2-4H3,(H,16,17)/t10-,11+,12?/m1/s1. The van der Waals surface area contributed by atoms with E-state index in [9.17, 15) is 13.2 Å². The molecule has 3 aliphatic carbocycles. The summed E-state index contributed by atoms with van der Waals surface area (Å²) in [7, 11) is -1.97. The molecule has 0 spiro atoms. The number of hydrogen-bond acceptors (Lipinski definition) is 3. The molecule has 6 heteroatoms. The summed E-state index contributed by atoms with van der Waals surface area (Å²) in [6.45, 7) is 8.66. The smallest absolute Gasteiger partial charge is 0.221 e. The van der Waals surface area contributed by atoms with Gasteiger partial charge in [-0.25, -0.2) is 13.1 Å². The zero-order chi connectivity index (χ0) is 15.1. The van der Waals surface area contributed by atoms with Gasteiger partial charge in [0.1, 0.15) is 0 Å². The molecule has 0 aromatic heterocycles. The largest absolute Gasteiger partial charge is 0.350 e. The number of carbonyl (C=O) groups excluding carboxylic acids is 1. The molecule has 114 valence electrons. The zero-order valence-electron chi connectivity index (χ0n) is 12.4. The lowest BCUT2D eigenvalue weighted by molar-refractivity contribution is -0.122. The maximum absolute atomic E-state index is 11.9. The summed E-state index contributed by atoms with van der Waals surface area (Å²) in [4.78, 5) is 11.9. The van der Waals surface area contributed by atoms with Gasteiger partial charge in [-0.1, -0.05) is 26.0 Å². The van der Waals surface area contributed by atoms with Crippen molar-refractivity contribution in [1.29, 1.82) is 0 Å². The second kappa shape index (κ2) is 5.15. The fraction of sp³-hybridized carbons (Fsp3) is 0.786. The average molecular weight is 300 g/mol. The molecule has 0 radical (unpaired) electrons. The van der Waals surface area contributed by atoms with Gasteiger partial charge in [0.15, 0.2) is 0 Å². The third-order valence-electron chi connectivity index (χ3n) is 5.13. The Morgan fingerprint density at radius 1 is 1.40 bits per heavy atom. The lowest BCUT2D eigenvalue weighted by atomic mass is 9.46. The molecule has 0 saturated heterocycles. The summed E-state index contributed by atoms with van der Waals surface area (Å²) in [5.41, 5.74) is 1.40. The molecule has 3 fully saturated rings. The van der Waals surface area contributed by atoms with Gasteiger partial charge in [0.25, 0.3) is 0 Å². The summed E-state index contributed by atoms with van der Waals surface area (Å²) >= 11 is 0. The first-order valence-corrected chi connectivity index (χ1v) is 8.72. The number of fused-ring (bicyclic) bond motifs is 2. The molecule has 0 aliphatic heterocycles. The first kappa shape index (κ1) is 15.5. The lowest BCUT2D eigenvalue weighted by Crippen LogP contribution is -2.57. The SMILES string of the molecule is C=C1C(NC(=O)CCS(=O)(=O)NC)C[C@H]2C[C@@H]1C2(C)C. The molecule has 5 nitrogen and oxygen atoms in total. The Balaban J connectivity index is 1.86. The van der Waals surface area contributed by atoms with Gasteiger partial charge in [0.2, 0.25) is 15.9 Å². The van der Waals surface area contributed by atoms with Crippen molar-refractivity contribution >= 4 is 15.9 Å². The van der Waals surface area contributed by atoms with Crippen LogP contribution in [-0.2, 0) is 14.8 Å². The number of hydrogen-bond donors (Lipinski definition) is 2. The normalized spacial score (nSPS) is 31.6. The highest BCUT2D eigenvalue weighted by molar-refractivity contribution is 7.89. The third-order valence-corrected chi connectivity index (χ3v) is 6.49. The fourth-order valence-corrected chi connectivity index (χ4v) is 4.13. The van der Waals surface area contributed by atoms with Crippen LogP contribution in [0.25, 0.3) is 0 Å². The van der Waals surface area contributed by atoms with Gasteiger partial charge < -0.3 is 5.32 Å². The van der Waals surface area contributed by atoms with Crippen LogP contribution in [0.15, 0.2) is 12.2 Å². The molecule has 3 aliphatic rings. The van der Waals surface area contributed by atoms with Crippen molar-refractivity contribution in [3.05, 3.63) is 12.2 Å².